The van der Waals surface area contributed by atoms with Crippen LogP contribution in [0.15, 0.2) is 29.3 Å². The third-order valence-corrected chi connectivity index (χ3v) is 3.69. The summed E-state index contributed by atoms with van der Waals surface area (Å²) >= 11 is 4.28. The lowest BCUT2D eigenvalue weighted by Crippen LogP contribution is -2.29. The van der Waals surface area contributed by atoms with Gasteiger partial charge in [0.05, 0.1) is 11.1 Å². The lowest BCUT2D eigenvalue weighted by molar-refractivity contribution is -0.384. The fourth-order valence-electron chi connectivity index (χ4n) is 2.03. The van der Waals surface area contributed by atoms with E-state index < -0.39 is 11.0 Å². The normalized spacial score (nSPS) is 17.4. The standard InChI is InChI=1S/C14H15N3O5S/c18-13(16-6-5-12(23)8-16)7-15-14(19)22-9-10-1-3-11(4-2-10)17(20)21/h1-4,7,12,23H,5-6,8-9H2/b15-7+/t12-/m0/s1. The molecule has 1 aliphatic rings. The zero-order valence-electron chi connectivity index (χ0n) is 12.1. The van der Waals surface area contributed by atoms with E-state index in [1.54, 1.807) is 4.90 Å². The first-order valence-electron chi connectivity index (χ1n) is 6.87. The van der Waals surface area contributed by atoms with Gasteiger partial charge in [0.2, 0.25) is 0 Å². The average Bonchev–Trinajstić information content (AvgIpc) is 2.97. The second kappa shape index (κ2) is 7.73. The van der Waals surface area contributed by atoms with Crippen LogP contribution in [0.4, 0.5) is 10.5 Å². The molecular formula is C14H15N3O5S. The van der Waals surface area contributed by atoms with Crippen LogP contribution in [0, 0.1) is 10.1 Å². The number of hydrogen-bond acceptors (Lipinski definition) is 6. The molecule has 1 atom stereocenters. The van der Waals surface area contributed by atoms with Crippen LogP contribution >= 0.6 is 12.6 Å². The van der Waals surface area contributed by atoms with Crippen LogP contribution in [0.25, 0.3) is 0 Å². The molecule has 0 bridgehead atoms. The highest BCUT2D eigenvalue weighted by molar-refractivity contribution is 7.81. The Labute approximate surface area is 137 Å². The zero-order valence-corrected chi connectivity index (χ0v) is 13.0. The van der Waals surface area contributed by atoms with Crippen LogP contribution in [0.5, 0.6) is 0 Å². The molecule has 8 nitrogen and oxygen atoms in total. The molecule has 1 fully saturated rings. The van der Waals surface area contributed by atoms with Crippen LogP contribution in [-0.2, 0) is 16.1 Å². The number of thiol groups is 1. The van der Waals surface area contributed by atoms with Crippen molar-refractivity contribution < 1.29 is 19.2 Å². The van der Waals surface area contributed by atoms with Crippen molar-refractivity contribution in [2.45, 2.75) is 18.3 Å². The van der Waals surface area contributed by atoms with Crippen molar-refractivity contribution >= 4 is 36.5 Å². The molecule has 0 saturated carbocycles. The van der Waals surface area contributed by atoms with Gasteiger partial charge in [-0.2, -0.15) is 17.6 Å². The first-order valence-corrected chi connectivity index (χ1v) is 7.38. The van der Waals surface area contributed by atoms with Crippen LogP contribution in [-0.4, -0.2) is 46.4 Å². The number of amides is 2. The summed E-state index contributed by atoms with van der Waals surface area (Å²) in [6, 6.07) is 5.60. The Bertz CT molecular complexity index is 632. The van der Waals surface area contributed by atoms with Crippen molar-refractivity contribution in [2.24, 2.45) is 4.99 Å². The van der Waals surface area contributed by atoms with E-state index in [0.717, 1.165) is 12.6 Å². The predicted molar refractivity (Wildman–Crippen MR) is 85.7 cm³/mol. The molecule has 0 spiro atoms. The Morgan fingerprint density at radius 2 is 2.13 bits per heavy atom. The van der Waals surface area contributed by atoms with E-state index in [4.69, 9.17) is 4.74 Å². The molecule has 1 aromatic rings. The molecule has 2 rings (SSSR count). The van der Waals surface area contributed by atoms with Gasteiger partial charge in [-0.25, -0.2) is 4.79 Å². The summed E-state index contributed by atoms with van der Waals surface area (Å²) in [5.74, 6) is -0.353. The van der Waals surface area contributed by atoms with Gasteiger partial charge < -0.3 is 9.64 Å². The first kappa shape index (κ1) is 16.9. The van der Waals surface area contributed by atoms with Crippen molar-refractivity contribution in [1.29, 1.82) is 0 Å². The Morgan fingerprint density at radius 1 is 1.43 bits per heavy atom. The van der Waals surface area contributed by atoms with Gasteiger partial charge in [0.15, 0.2) is 0 Å². The molecular weight excluding hydrogens is 322 g/mol. The van der Waals surface area contributed by atoms with Crippen LogP contribution < -0.4 is 0 Å². The largest absolute Gasteiger partial charge is 0.443 e. The fourth-order valence-corrected chi connectivity index (χ4v) is 2.34. The number of rotatable bonds is 4. The van der Waals surface area contributed by atoms with E-state index >= 15 is 0 Å². The minimum Gasteiger partial charge on any atom is -0.443 e. The van der Waals surface area contributed by atoms with E-state index in [-0.39, 0.29) is 23.5 Å². The first-order chi connectivity index (χ1) is 11.0. The summed E-state index contributed by atoms with van der Waals surface area (Å²) in [6.45, 7) is 1.05. The Morgan fingerprint density at radius 3 is 2.70 bits per heavy atom. The van der Waals surface area contributed by atoms with Gasteiger partial charge >= 0.3 is 6.09 Å². The number of non-ortho nitro benzene ring substituents is 1. The Hall–Kier alpha value is -2.42. The Kier molecular flexibility index (Phi) is 5.69. The highest BCUT2D eigenvalue weighted by atomic mass is 32.1. The Balaban J connectivity index is 1.79. The molecule has 23 heavy (non-hydrogen) atoms. The molecule has 0 aliphatic carbocycles. The summed E-state index contributed by atoms with van der Waals surface area (Å²) in [5, 5.41) is 10.7. The van der Waals surface area contributed by atoms with Gasteiger partial charge in [0.1, 0.15) is 6.61 Å². The number of carbonyl (C=O) groups excluding carboxylic acids is 2. The number of hydrogen-bond donors (Lipinski definition) is 1. The minimum absolute atomic E-state index is 0.0446. The SMILES string of the molecule is O=C(/N=C/C(=O)N1CC[C@H](S)C1)OCc1ccc([N+](=O)[O-])cc1. The van der Waals surface area contributed by atoms with E-state index in [2.05, 4.69) is 17.6 Å². The monoisotopic (exact) mass is 337 g/mol. The maximum absolute atomic E-state index is 11.7. The predicted octanol–water partition coefficient (Wildman–Crippen LogP) is 1.83. The van der Waals surface area contributed by atoms with Gasteiger partial charge in [-0.15, -0.1) is 0 Å². The number of ether oxygens (including phenoxy) is 1. The molecule has 0 radical (unpaired) electrons. The molecule has 0 N–H and O–H groups in total. The number of nitrogens with zero attached hydrogens (tertiary/aromatic N) is 3. The number of nitro benzene ring substituents is 1. The van der Waals surface area contributed by atoms with E-state index in [9.17, 15) is 19.7 Å². The van der Waals surface area contributed by atoms with E-state index in [0.29, 0.717) is 18.7 Å². The zero-order chi connectivity index (χ0) is 16.8. The van der Waals surface area contributed by atoms with Gasteiger partial charge in [0, 0.05) is 30.5 Å². The summed E-state index contributed by atoms with van der Waals surface area (Å²) < 4.78 is 4.87. The molecule has 1 heterocycles. The topological polar surface area (TPSA) is 102 Å². The minimum atomic E-state index is -0.890. The number of carbonyl (C=O) groups is 2. The maximum atomic E-state index is 11.7. The average molecular weight is 337 g/mol. The van der Waals surface area contributed by atoms with Gasteiger partial charge in [-0.1, -0.05) is 0 Å². The van der Waals surface area contributed by atoms with Crippen molar-refractivity contribution in [2.75, 3.05) is 13.1 Å². The van der Waals surface area contributed by atoms with Gasteiger partial charge in [-0.3, -0.25) is 14.9 Å². The van der Waals surface area contributed by atoms with Gasteiger partial charge in [-0.05, 0) is 24.1 Å². The molecule has 1 aliphatic heterocycles. The van der Waals surface area contributed by atoms with E-state index in [1.807, 2.05) is 0 Å². The van der Waals surface area contributed by atoms with Crippen LogP contribution in [0.2, 0.25) is 0 Å². The molecule has 122 valence electrons. The summed E-state index contributed by atoms with van der Waals surface area (Å²) in [6.07, 6.45) is 0.857. The third-order valence-electron chi connectivity index (χ3n) is 3.26. The van der Waals surface area contributed by atoms with Crippen molar-refractivity contribution in [1.82, 2.24) is 4.90 Å². The maximum Gasteiger partial charge on any atom is 0.434 e. The molecule has 0 aromatic heterocycles. The third kappa shape index (κ3) is 5.06. The highest BCUT2D eigenvalue weighted by Gasteiger charge is 2.22. The van der Waals surface area contributed by atoms with Gasteiger partial charge in [0.25, 0.3) is 11.6 Å². The smallest absolute Gasteiger partial charge is 0.434 e. The van der Waals surface area contributed by atoms with Crippen LogP contribution in [0.1, 0.15) is 12.0 Å². The number of aliphatic imine (C=N–C) groups is 1. The lowest BCUT2D eigenvalue weighted by atomic mass is 10.2. The summed E-state index contributed by atoms with van der Waals surface area (Å²) in [4.78, 5) is 38.2. The lowest BCUT2D eigenvalue weighted by Gasteiger charge is -2.11. The number of nitro groups is 1. The van der Waals surface area contributed by atoms with E-state index in [1.165, 1.54) is 24.3 Å². The molecule has 9 heteroatoms. The molecule has 1 aromatic carbocycles. The molecule has 2 amide bonds. The summed E-state index contributed by atoms with van der Waals surface area (Å²) in [5.41, 5.74) is 0.541. The highest BCUT2D eigenvalue weighted by Crippen LogP contribution is 2.14. The number of likely N-dealkylation sites (tertiary alicyclic amines) is 1. The van der Waals surface area contributed by atoms with Crippen molar-refractivity contribution in [3.8, 4) is 0 Å². The van der Waals surface area contributed by atoms with Crippen molar-refractivity contribution in [3.63, 3.8) is 0 Å². The quantitative estimate of drug-likeness (QED) is 0.391. The van der Waals surface area contributed by atoms with Crippen molar-refractivity contribution in [3.05, 3.63) is 39.9 Å². The number of benzene rings is 1. The molecule has 0 unspecified atom stereocenters. The second-order valence-corrected chi connectivity index (χ2v) is 5.69. The molecule has 1 saturated heterocycles. The second-order valence-electron chi connectivity index (χ2n) is 4.96. The fraction of sp³-hybridized carbons (Fsp3) is 0.357. The summed E-state index contributed by atoms with van der Waals surface area (Å²) in [7, 11) is 0. The van der Waals surface area contributed by atoms with Crippen LogP contribution in [0.3, 0.4) is 0 Å².